The van der Waals surface area contributed by atoms with Crippen LogP contribution in [-0.4, -0.2) is 67.9 Å². The summed E-state index contributed by atoms with van der Waals surface area (Å²) in [6.07, 6.45) is 2.99. The number of carbonyl (C=O) groups is 3. The molecule has 174 valence electrons. The van der Waals surface area contributed by atoms with Crippen LogP contribution in [0.5, 0.6) is 0 Å². The number of carbonyl (C=O) groups excluding carboxylic acids is 3. The van der Waals surface area contributed by atoms with Gasteiger partial charge in [0.15, 0.2) is 5.78 Å². The molecule has 2 amide bonds. The third-order valence-corrected chi connectivity index (χ3v) is 6.09. The maximum Gasteiger partial charge on any atom is 0.255 e. The van der Waals surface area contributed by atoms with E-state index in [1.165, 1.54) is 6.26 Å². The predicted molar refractivity (Wildman–Crippen MR) is 118 cm³/mol. The number of nitrogens with zero attached hydrogens (tertiary/aromatic N) is 1. The highest BCUT2D eigenvalue weighted by molar-refractivity contribution is 5.99. The van der Waals surface area contributed by atoms with Crippen molar-refractivity contribution in [3.05, 3.63) is 23.7 Å². The highest BCUT2D eigenvalue weighted by Gasteiger charge is 2.38. The molecule has 1 aromatic heterocycles. The number of nitrogens with one attached hydrogen (secondary N) is 2. The summed E-state index contributed by atoms with van der Waals surface area (Å²) < 4.78 is 10.8. The number of ether oxygens (including phenoxy) is 1. The molecule has 31 heavy (non-hydrogen) atoms. The van der Waals surface area contributed by atoms with Crippen LogP contribution < -0.4 is 10.6 Å². The Bertz CT molecular complexity index is 758. The molecule has 8 nitrogen and oxygen atoms in total. The van der Waals surface area contributed by atoms with Gasteiger partial charge in [0, 0.05) is 6.54 Å². The molecule has 4 atom stereocenters. The van der Waals surface area contributed by atoms with E-state index < -0.39 is 12.1 Å². The largest absolute Gasteiger partial charge is 0.469 e. The molecule has 3 unspecified atom stereocenters. The molecule has 1 saturated heterocycles. The Morgan fingerprint density at radius 2 is 1.94 bits per heavy atom. The van der Waals surface area contributed by atoms with Gasteiger partial charge >= 0.3 is 0 Å². The molecular weight excluding hydrogens is 398 g/mol. The van der Waals surface area contributed by atoms with Crippen molar-refractivity contribution < 1.29 is 23.5 Å². The van der Waals surface area contributed by atoms with E-state index in [0.29, 0.717) is 36.0 Å². The Labute approximate surface area is 185 Å². The molecule has 2 heterocycles. The maximum atomic E-state index is 13.1. The van der Waals surface area contributed by atoms with E-state index in [4.69, 9.17) is 9.15 Å². The summed E-state index contributed by atoms with van der Waals surface area (Å²) in [5.74, 6) is 0.507. The van der Waals surface area contributed by atoms with Crippen molar-refractivity contribution in [3.8, 4) is 0 Å². The van der Waals surface area contributed by atoms with Crippen molar-refractivity contribution in [2.45, 2.75) is 65.1 Å². The van der Waals surface area contributed by atoms with Gasteiger partial charge in [-0.2, -0.15) is 0 Å². The molecule has 0 spiro atoms. The first-order chi connectivity index (χ1) is 14.6. The van der Waals surface area contributed by atoms with Crippen LogP contribution in [0.2, 0.25) is 0 Å². The summed E-state index contributed by atoms with van der Waals surface area (Å²) >= 11 is 0. The average Bonchev–Trinajstić information content (AvgIpc) is 3.28. The van der Waals surface area contributed by atoms with Crippen molar-refractivity contribution in [1.29, 1.82) is 0 Å². The van der Waals surface area contributed by atoms with Gasteiger partial charge in [-0.05, 0) is 58.2 Å². The summed E-state index contributed by atoms with van der Waals surface area (Å²) in [6.45, 7) is 8.85. The van der Waals surface area contributed by atoms with Crippen LogP contribution in [0, 0.1) is 18.8 Å². The first kappa shape index (κ1) is 25.1. The first-order valence-electron chi connectivity index (χ1n) is 11.0. The third kappa shape index (κ3) is 7.18. The Morgan fingerprint density at radius 3 is 2.52 bits per heavy atom. The predicted octanol–water partition coefficient (Wildman–Crippen LogP) is 2.16. The topological polar surface area (TPSA) is 101 Å². The molecule has 0 saturated carbocycles. The number of amides is 2. The maximum absolute atomic E-state index is 13.1. The number of hydrogen-bond acceptors (Lipinski definition) is 6. The van der Waals surface area contributed by atoms with Crippen molar-refractivity contribution in [1.82, 2.24) is 15.5 Å². The number of aryl methyl sites for hydroxylation is 1. The minimum absolute atomic E-state index is 0.00132. The number of Topliss-reactive ketones (excluding diaryl/α,β-unsaturated/α-hetero) is 1. The van der Waals surface area contributed by atoms with Crippen LogP contribution in [0.1, 0.15) is 56.2 Å². The molecule has 0 aromatic carbocycles. The van der Waals surface area contributed by atoms with Crippen molar-refractivity contribution in [3.63, 3.8) is 0 Å². The molecule has 8 heteroatoms. The lowest BCUT2D eigenvalue weighted by Crippen LogP contribution is -2.53. The highest BCUT2D eigenvalue weighted by atomic mass is 16.5. The summed E-state index contributed by atoms with van der Waals surface area (Å²) in [5.41, 5.74) is 0.402. The van der Waals surface area contributed by atoms with E-state index in [1.54, 1.807) is 13.0 Å². The minimum atomic E-state index is -0.745. The highest BCUT2D eigenvalue weighted by Crippen LogP contribution is 2.19. The van der Waals surface area contributed by atoms with Crippen molar-refractivity contribution in [2.75, 3.05) is 27.2 Å². The number of hydrogen-bond donors (Lipinski definition) is 2. The van der Waals surface area contributed by atoms with Crippen LogP contribution in [0.25, 0.3) is 0 Å². The van der Waals surface area contributed by atoms with Gasteiger partial charge in [-0.15, -0.1) is 0 Å². The van der Waals surface area contributed by atoms with Gasteiger partial charge in [0.2, 0.25) is 5.91 Å². The average molecular weight is 436 g/mol. The zero-order valence-electron chi connectivity index (χ0n) is 19.6. The first-order valence-corrected chi connectivity index (χ1v) is 11.0. The lowest BCUT2D eigenvalue weighted by atomic mass is 9.91. The Morgan fingerprint density at radius 1 is 1.23 bits per heavy atom. The molecule has 1 aromatic rings. The molecule has 2 N–H and O–H groups in total. The molecule has 1 aliphatic rings. The van der Waals surface area contributed by atoms with Gasteiger partial charge in [-0.25, -0.2) is 0 Å². The second-order valence-electron chi connectivity index (χ2n) is 9.11. The van der Waals surface area contributed by atoms with Gasteiger partial charge in [-0.3, -0.25) is 14.4 Å². The van der Waals surface area contributed by atoms with Crippen LogP contribution in [-0.2, 0) is 14.3 Å². The molecular formula is C23H37N3O5. The Hall–Kier alpha value is -2.19. The summed E-state index contributed by atoms with van der Waals surface area (Å²) in [7, 11) is 3.90. The molecule has 0 radical (unpaired) electrons. The van der Waals surface area contributed by atoms with Crippen LogP contribution in [0.4, 0.5) is 0 Å². The van der Waals surface area contributed by atoms with E-state index in [-0.39, 0.29) is 30.3 Å². The minimum Gasteiger partial charge on any atom is -0.469 e. The lowest BCUT2D eigenvalue weighted by molar-refractivity contribution is -0.127. The summed E-state index contributed by atoms with van der Waals surface area (Å²) in [4.78, 5) is 40.2. The van der Waals surface area contributed by atoms with Crippen LogP contribution >= 0.6 is 0 Å². The lowest BCUT2D eigenvalue weighted by Gasteiger charge is -2.25. The van der Waals surface area contributed by atoms with Gasteiger partial charge in [0.05, 0.1) is 17.9 Å². The number of rotatable bonds is 11. The van der Waals surface area contributed by atoms with Gasteiger partial charge in [-0.1, -0.05) is 20.8 Å². The zero-order chi connectivity index (χ0) is 23.1. The van der Waals surface area contributed by atoms with Gasteiger partial charge < -0.3 is 24.7 Å². The van der Waals surface area contributed by atoms with E-state index in [1.807, 2.05) is 19.0 Å². The van der Waals surface area contributed by atoms with Crippen molar-refractivity contribution >= 4 is 17.6 Å². The smallest absolute Gasteiger partial charge is 0.255 e. The van der Waals surface area contributed by atoms with Crippen molar-refractivity contribution in [2.24, 2.45) is 11.8 Å². The molecule has 1 fully saturated rings. The number of furan rings is 1. The fourth-order valence-electron chi connectivity index (χ4n) is 3.53. The third-order valence-electron chi connectivity index (χ3n) is 6.09. The standard InChI is InChI=1S/C23H37N3O5/c1-14(2)15(3)7-8-18(24-22(28)17-10-12-30-16(17)4)23(29)25-21-19(27)13-31-20(21)9-11-26(5)6/h10,12,14-15,18,20-21H,7-9,11,13H2,1-6H3,(H,24,28)(H,25,29)/t15?,18-,20?,21?/m0/s1. The Balaban J connectivity index is 2.09. The normalized spacial score (nSPS) is 20.8. The fraction of sp³-hybridized carbons (Fsp3) is 0.696. The fourth-order valence-corrected chi connectivity index (χ4v) is 3.53. The van der Waals surface area contributed by atoms with Gasteiger partial charge in [0.25, 0.3) is 5.91 Å². The van der Waals surface area contributed by atoms with E-state index in [2.05, 4.69) is 31.4 Å². The summed E-state index contributed by atoms with van der Waals surface area (Å²) in [6, 6.07) is 0.151. The second-order valence-corrected chi connectivity index (χ2v) is 9.11. The zero-order valence-corrected chi connectivity index (χ0v) is 19.6. The molecule has 0 aliphatic carbocycles. The quantitative estimate of drug-likeness (QED) is 0.552. The SMILES string of the molecule is Cc1occc1C(=O)N[C@@H](CCC(C)C(C)C)C(=O)NC1C(=O)COC1CCN(C)C. The Kier molecular flexibility index (Phi) is 9.25. The molecule has 1 aliphatic heterocycles. The van der Waals surface area contributed by atoms with E-state index in [0.717, 1.165) is 13.0 Å². The second kappa shape index (κ2) is 11.4. The van der Waals surface area contributed by atoms with E-state index in [9.17, 15) is 14.4 Å². The molecule has 2 rings (SSSR count). The van der Waals surface area contributed by atoms with E-state index >= 15 is 0 Å². The monoisotopic (exact) mass is 435 g/mol. The van der Waals surface area contributed by atoms with Crippen LogP contribution in [0.3, 0.4) is 0 Å². The van der Waals surface area contributed by atoms with Crippen LogP contribution in [0.15, 0.2) is 16.7 Å². The summed E-state index contributed by atoms with van der Waals surface area (Å²) in [5, 5.41) is 5.69. The molecule has 0 bridgehead atoms. The number of ketones is 1. The van der Waals surface area contributed by atoms with Gasteiger partial charge in [0.1, 0.15) is 24.5 Å².